The minimum absolute atomic E-state index is 0.0882. The molecule has 0 saturated carbocycles. The number of halogens is 1. The van der Waals surface area contributed by atoms with Crippen molar-refractivity contribution in [3.8, 4) is 0 Å². The highest BCUT2D eigenvalue weighted by atomic mass is 32.2. The molecule has 3 aromatic rings. The lowest BCUT2D eigenvalue weighted by atomic mass is 10.2. The van der Waals surface area contributed by atoms with E-state index in [1.807, 2.05) is 24.3 Å². The fourth-order valence-corrected chi connectivity index (χ4v) is 4.43. The summed E-state index contributed by atoms with van der Waals surface area (Å²) in [6, 6.07) is 17.3. The Morgan fingerprint density at radius 2 is 1.94 bits per heavy atom. The summed E-state index contributed by atoms with van der Waals surface area (Å²) < 4.78 is 19.2. The first-order valence-corrected chi connectivity index (χ1v) is 11.1. The third-order valence-corrected chi connectivity index (χ3v) is 6.18. The molecule has 1 saturated heterocycles. The number of rotatable bonds is 7. The Morgan fingerprint density at radius 3 is 2.62 bits per heavy atom. The molecule has 6 nitrogen and oxygen atoms in total. The molecule has 2 aromatic carbocycles. The molecule has 0 spiro atoms. The van der Waals surface area contributed by atoms with E-state index in [-0.39, 0.29) is 24.6 Å². The van der Waals surface area contributed by atoms with Gasteiger partial charge in [-0.25, -0.2) is 9.38 Å². The molecule has 0 aliphatic carbocycles. The first-order chi connectivity index (χ1) is 15.5. The Labute approximate surface area is 189 Å². The molecule has 2 heterocycles. The molecular formula is C24H22FN3O3S. The topological polar surface area (TPSA) is 74.9 Å². The van der Waals surface area contributed by atoms with Gasteiger partial charge in [0.1, 0.15) is 16.8 Å². The molecule has 0 radical (unpaired) electrons. The number of amidine groups is 1. The number of hydrogen-bond donors (Lipinski definition) is 1. The zero-order valence-corrected chi connectivity index (χ0v) is 18.3. The maximum absolute atomic E-state index is 13.8. The Hall–Kier alpha value is -3.39. The summed E-state index contributed by atoms with van der Waals surface area (Å²) in [7, 11) is 0. The van der Waals surface area contributed by atoms with Crippen LogP contribution in [0.4, 0.5) is 15.8 Å². The largest absolute Gasteiger partial charge is 0.467 e. The molecule has 4 rings (SSSR count). The van der Waals surface area contributed by atoms with Gasteiger partial charge in [0.2, 0.25) is 11.8 Å². The Balaban J connectivity index is 1.53. The van der Waals surface area contributed by atoms with Crippen LogP contribution in [0.15, 0.2) is 76.3 Å². The van der Waals surface area contributed by atoms with Crippen molar-refractivity contribution in [1.82, 2.24) is 4.90 Å². The van der Waals surface area contributed by atoms with E-state index in [1.165, 1.54) is 34.4 Å². The molecule has 164 valence electrons. The fraction of sp³-hybridized carbons (Fsp3) is 0.208. The Bertz CT molecular complexity index is 1130. The summed E-state index contributed by atoms with van der Waals surface area (Å²) in [5.41, 5.74) is 2.00. The van der Waals surface area contributed by atoms with Gasteiger partial charge in [-0.15, -0.1) is 0 Å². The second kappa shape index (κ2) is 9.82. The molecule has 32 heavy (non-hydrogen) atoms. The standard InChI is InChI=1S/C24H22FN3O3S/c1-2-16-9-11-17(12-10-16)26-24-28(15-18-6-5-13-31-18)23(30)21(32-24)14-22(29)27-20-8-4-3-7-19(20)25/h3-13,21H,2,14-15H2,1H3,(H,27,29). The van der Waals surface area contributed by atoms with E-state index in [0.29, 0.717) is 10.9 Å². The van der Waals surface area contributed by atoms with Gasteiger partial charge in [0.15, 0.2) is 5.17 Å². The van der Waals surface area contributed by atoms with Crippen LogP contribution >= 0.6 is 11.8 Å². The van der Waals surface area contributed by atoms with E-state index in [4.69, 9.17) is 4.42 Å². The molecule has 1 aliphatic rings. The van der Waals surface area contributed by atoms with Crippen molar-refractivity contribution in [2.45, 2.75) is 31.6 Å². The zero-order chi connectivity index (χ0) is 22.5. The van der Waals surface area contributed by atoms with E-state index in [2.05, 4.69) is 17.2 Å². The first kappa shape index (κ1) is 21.8. The predicted molar refractivity (Wildman–Crippen MR) is 123 cm³/mol. The summed E-state index contributed by atoms with van der Waals surface area (Å²) in [4.78, 5) is 31.8. The highest BCUT2D eigenvalue weighted by Gasteiger charge is 2.39. The van der Waals surface area contributed by atoms with Crippen LogP contribution in [-0.4, -0.2) is 27.1 Å². The number of carbonyl (C=O) groups is 2. The van der Waals surface area contributed by atoms with Gasteiger partial charge in [-0.3, -0.25) is 14.5 Å². The van der Waals surface area contributed by atoms with Gasteiger partial charge in [-0.05, 0) is 48.4 Å². The van der Waals surface area contributed by atoms with E-state index >= 15 is 0 Å². The van der Waals surface area contributed by atoms with Gasteiger partial charge in [0.25, 0.3) is 0 Å². The average molecular weight is 452 g/mol. The highest BCUT2D eigenvalue weighted by molar-refractivity contribution is 8.15. The van der Waals surface area contributed by atoms with Gasteiger partial charge in [-0.2, -0.15) is 0 Å². The van der Waals surface area contributed by atoms with Crippen LogP contribution in [0.25, 0.3) is 0 Å². The molecule has 1 atom stereocenters. The van der Waals surface area contributed by atoms with Crippen molar-refractivity contribution in [3.63, 3.8) is 0 Å². The smallest absolute Gasteiger partial charge is 0.243 e. The quantitative estimate of drug-likeness (QED) is 0.540. The van der Waals surface area contributed by atoms with Crippen molar-refractivity contribution >= 4 is 40.1 Å². The van der Waals surface area contributed by atoms with Crippen LogP contribution in [-0.2, 0) is 22.6 Å². The summed E-state index contributed by atoms with van der Waals surface area (Å²) in [6.07, 6.45) is 2.37. The lowest BCUT2D eigenvalue weighted by molar-refractivity contribution is -0.128. The first-order valence-electron chi connectivity index (χ1n) is 10.3. The number of benzene rings is 2. The Morgan fingerprint density at radius 1 is 1.16 bits per heavy atom. The fourth-order valence-electron chi connectivity index (χ4n) is 3.28. The molecule has 1 fully saturated rings. The number of nitrogens with zero attached hydrogens (tertiary/aromatic N) is 2. The minimum atomic E-state index is -0.662. The minimum Gasteiger partial charge on any atom is -0.467 e. The van der Waals surface area contributed by atoms with Gasteiger partial charge in [0, 0.05) is 6.42 Å². The maximum Gasteiger partial charge on any atom is 0.243 e. The van der Waals surface area contributed by atoms with Crippen LogP contribution < -0.4 is 5.32 Å². The number of aryl methyl sites for hydroxylation is 1. The number of nitrogens with one attached hydrogen (secondary N) is 1. The molecule has 1 unspecified atom stereocenters. The molecule has 2 amide bonds. The number of hydrogen-bond acceptors (Lipinski definition) is 5. The van der Waals surface area contributed by atoms with Crippen molar-refractivity contribution in [2.75, 3.05) is 5.32 Å². The summed E-state index contributed by atoms with van der Waals surface area (Å²) in [5, 5.41) is 2.38. The van der Waals surface area contributed by atoms with E-state index < -0.39 is 17.0 Å². The number of furan rings is 1. The lowest BCUT2D eigenvalue weighted by Gasteiger charge is -2.15. The van der Waals surface area contributed by atoms with Crippen molar-refractivity contribution in [3.05, 3.63) is 84.1 Å². The predicted octanol–water partition coefficient (Wildman–Crippen LogP) is 5.14. The van der Waals surface area contributed by atoms with Crippen molar-refractivity contribution < 1.29 is 18.4 Å². The van der Waals surface area contributed by atoms with Gasteiger partial charge < -0.3 is 9.73 Å². The second-order valence-electron chi connectivity index (χ2n) is 7.26. The molecule has 1 N–H and O–H groups in total. The summed E-state index contributed by atoms with van der Waals surface area (Å²) in [6.45, 7) is 2.30. The summed E-state index contributed by atoms with van der Waals surface area (Å²) in [5.74, 6) is -0.584. The number of carbonyl (C=O) groups excluding carboxylic acids is 2. The zero-order valence-electron chi connectivity index (χ0n) is 17.5. The molecule has 1 aliphatic heterocycles. The molecule has 8 heteroatoms. The molecule has 1 aromatic heterocycles. The van der Waals surface area contributed by atoms with Gasteiger partial charge in [-0.1, -0.05) is 43.0 Å². The monoisotopic (exact) mass is 451 g/mol. The van der Waals surface area contributed by atoms with Crippen LogP contribution in [0.5, 0.6) is 0 Å². The maximum atomic E-state index is 13.8. The van der Waals surface area contributed by atoms with Gasteiger partial charge in [0.05, 0.1) is 24.2 Å². The highest BCUT2D eigenvalue weighted by Crippen LogP contribution is 2.33. The lowest BCUT2D eigenvalue weighted by Crippen LogP contribution is -2.33. The number of anilines is 1. The van der Waals surface area contributed by atoms with Crippen LogP contribution in [0.3, 0.4) is 0 Å². The van der Waals surface area contributed by atoms with Crippen molar-refractivity contribution in [2.24, 2.45) is 4.99 Å². The number of thioether (sulfide) groups is 1. The Kier molecular flexibility index (Phi) is 6.70. The van der Waals surface area contributed by atoms with E-state index in [9.17, 15) is 14.0 Å². The number of para-hydroxylation sites is 1. The van der Waals surface area contributed by atoms with E-state index in [0.717, 1.165) is 12.1 Å². The van der Waals surface area contributed by atoms with Crippen LogP contribution in [0.2, 0.25) is 0 Å². The SMILES string of the molecule is CCc1ccc(N=C2SC(CC(=O)Nc3ccccc3F)C(=O)N2Cc2ccco2)cc1. The number of aliphatic imine (C=N–C) groups is 1. The third-order valence-electron chi connectivity index (χ3n) is 5.00. The van der Waals surface area contributed by atoms with Gasteiger partial charge >= 0.3 is 0 Å². The average Bonchev–Trinajstić information content (AvgIpc) is 3.40. The van der Waals surface area contributed by atoms with E-state index in [1.54, 1.807) is 30.5 Å². The normalized spacial score (nSPS) is 17.2. The second-order valence-corrected chi connectivity index (χ2v) is 8.43. The van der Waals surface area contributed by atoms with Crippen LogP contribution in [0, 0.1) is 5.82 Å². The molecular weight excluding hydrogens is 429 g/mol. The van der Waals surface area contributed by atoms with Crippen molar-refractivity contribution in [1.29, 1.82) is 0 Å². The van der Waals surface area contributed by atoms with Crippen LogP contribution in [0.1, 0.15) is 24.7 Å². The summed E-state index contributed by atoms with van der Waals surface area (Å²) >= 11 is 1.23. The molecule has 0 bridgehead atoms. The third kappa shape index (κ3) is 5.08. The number of amides is 2.